The van der Waals surface area contributed by atoms with E-state index in [4.69, 9.17) is 5.11 Å². The molecule has 1 rings (SSSR count). The second-order valence-electron chi connectivity index (χ2n) is 6.06. The lowest BCUT2D eigenvalue weighted by Gasteiger charge is -2.25. The number of rotatable bonds is 11. The normalized spacial score (nSPS) is 22.9. The van der Waals surface area contributed by atoms with E-state index < -0.39 is 6.10 Å². The van der Waals surface area contributed by atoms with Gasteiger partial charge in [0.05, 0.1) is 19.2 Å². The fourth-order valence-electron chi connectivity index (χ4n) is 2.88. The Labute approximate surface area is 139 Å². The predicted octanol–water partition coefficient (Wildman–Crippen LogP) is -0.621. The Morgan fingerprint density at radius 1 is 1.52 bits per heavy atom. The van der Waals surface area contributed by atoms with E-state index in [2.05, 4.69) is 22.5 Å². The molecule has 0 saturated carbocycles. The third kappa shape index (κ3) is 7.39. The van der Waals surface area contributed by atoms with Crippen LogP contribution in [-0.4, -0.2) is 85.3 Å². The van der Waals surface area contributed by atoms with Gasteiger partial charge in [-0.2, -0.15) is 0 Å². The molecule has 134 valence electrons. The van der Waals surface area contributed by atoms with Gasteiger partial charge in [0.25, 0.3) is 0 Å². The minimum absolute atomic E-state index is 0.0942. The fraction of sp³-hybridized carbons (Fsp3) is 0.875. The first-order valence-electron chi connectivity index (χ1n) is 8.54. The van der Waals surface area contributed by atoms with Crippen molar-refractivity contribution < 1.29 is 15.0 Å². The van der Waals surface area contributed by atoms with Gasteiger partial charge in [0, 0.05) is 37.9 Å². The average molecular weight is 328 g/mol. The number of aliphatic imine (C=N–C) groups is 1. The number of likely N-dealkylation sites (N-methyl/N-ethyl adjacent to an activating group) is 1. The lowest BCUT2D eigenvalue weighted by molar-refractivity contribution is -0.130. The molecule has 1 aliphatic rings. The molecule has 0 aliphatic carbocycles. The lowest BCUT2D eigenvalue weighted by atomic mass is 10.1. The van der Waals surface area contributed by atoms with Gasteiger partial charge in [0.2, 0.25) is 5.91 Å². The van der Waals surface area contributed by atoms with Crippen LogP contribution in [0.1, 0.15) is 32.6 Å². The minimum atomic E-state index is -0.429. The smallest absolute Gasteiger partial charge is 0.236 e. The molecule has 3 atom stereocenters. The van der Waals surface area contributed by atoms with Crippen LogP contribution in [0.2, 0.25) is 0 Å². The molecule has 0 aromatic heterocycles. The quantitative estimate of drug-likeness (QED) is 0.299. The number of aliphatic hydroxyl groups is 2. The molecule has 0 spiro atoms. The molecule has 1 saturated heterocycles. The van der Waals surface area contributed by atoms with Crippen LogP contribution in [0.15, 0.2) is 4.99 Å². The maximum Gasteiger partial charge on any atom is 0.236 e. The van der Waals surface area contributed by atoms with Crippen molar-refractivity contribution in [2.45, 2.75) is 50.8 Å². The maximum atomic E-state index is 11.9. The average Bonchev–Trinajstić information content (AvgIpc) is 2.89. The van der Waals surface area contributed by atoms with Crippen LogP contribution < -0.4 is 10.6 Å². The van der Waals surface area contributed by atoms with Crippen LogP contribution in [0.5, 0.6) is 0 Å². The van der Waals surface area contributed by atoms with Gasteiger partial charge in [0.15, 0.2) is 0 Å². The van der Waals surface area contributed by atoms with Crippen LogP contribution in [0.25, 0.3) is 0 Å². The molecule has 1 fully saturated rings. The molecule has 0 aromatic rings. The molecule has 0 radical (unpaired) electrons. The van der Waals surface area contributed by atoms with Gasteiger partial charge in [-0.05, 0) is 39.8 Å². The topological polar surface area (TPSA) is 97.2 Å². The number of carbonyl (C=O) groups is 1. The van der Waals surface area contributed by atoms with Gasteiger partial charge in [0.1, 0.15) is 0 Å². The molecule has 23 heavy (non-hydrogen) atoms. The molecule has 1 amide bonds. The van der Waals surface area contributed by atoms with Crippen molar-refractivity contribution in [2.24, 2.45) is 4.99 Å². The molecule has 1 heterocycles. The summed E-state index contributed by atoms with van der Waals surface area (Å²) in [6.45, 7) is 4.61. The van der Waals surface area contributed by atoms with Crippen molar-refractivity contribution in [1.82, 2.24) is 15.5 Å². The lowest BCUT2D eigenvalue weighted by Crippen LogP contribution is -2.45. The number of aliphatic hydroxyl groups excluding tert-OH is 2. The van der Waals surface area contributed by atoms with Crippen LogP contribution in [0.4, 0.5) is 0 Å². The zero-order valence-corrected chi connectivity index (χ0v) is 14.4. The van der Waals surface area contributed by atoms with Gasteiger partial charge in [-0.15, -0.1) is 0 Å². The third-order valence-electron chi connectivity index (χ3n) is 4.23. The summed E-state index contributed by atoms with van der Waals surface area (Å²) < 4.78 is 0. The Morgan fingerprint density at radius 2 is 2.30 bits per heavy atom. The largest absolute Gasteiger partial charge is 0.396 e. The van der Waals surface area contributed by atoms with Gasteiger partial charge < -0.3 is 25.7 Å². The molecule has 7 nitrogen and oxygen atoms in total. The monoisotopic (exact) mass is 328 g/mol. The van der Waals surface area contributed by atoms with E-state index in [-0.39, 0.29) is 18.6 Å². The molecule has 0 bridgehead atoms. The summed E-state index contributed by atoms with van der Waals surface area (Å²) in [5, 5.41) is 24.8. The zero-order chi connectivity index (χ0) is 17.1. The van der Waals surface area contributed by atoms with Crippen molar-refractivity contribution in [1.29, 1.82) is 0 Å². The number of hydrogen-bond acceptors (Lipinski definition) is 6. The maximum absolute atomic E-state index is 11.9. The summed E-state index contributed by atoms with van der Waals surface area (Å²) >= 11 is 0. The van der Waals surface area contributed by atoms with Crippen LogP contribution >= 0.6 is 0 Å². The highest BCUT2D eigenvalue weighted by Gasteiger charge is 2.32. The predicted molar refractivity (Wildman–Crippen MR) is 91.8 cm³/mol. The van der Waals surface area contributed by atoms with Crippen molar-refractivity contribution in [3.8, 4) is 0 Å². The Kier molecular flexibility index (Phi) is 10.0. The highest BCUT2D eigenvalue weighted by Crippen LogP contribution is 2.17. The third-order valence-corrected chi connectivity index (χ3v) is 4.23. The van der Waals surface area contributed by atoms with Crippen molar-refractivity contribution in [2.75, 3.05) is 39.8 Å². The fourth-order valence-corrected chi connectivity index (χ4v) is 2.88. The first-order valence-corrected chi connectivity index (χ1v) is 8.54. The molecule has 1 unspecified atom stereocenters. The number of likely N-dealkylation sites (tertiary alicyclic amines) is 1. The van der Waals surface area contributed by atoms with Gasteiger partial charge in [-0.3, -0.25) is 9.79 Å². The van der Waals surface area contributed by atoms with Crippen LogP contribution in [0.3, 0.4) is 0 Å². The standard InChI is InChI=1S/C16H32N4O3/c1-13-15(6-9-20(13)16(23)12-17-2)19-8-3-5-14(22)11-18-7-4-10-21/h7,13-15,17,19,21-22H,3-6,8-12H2,1-2H3/b18-7-/t13-,14?,15-/m1/s1. The number of nitrogens with zero attached hydrogens (tertiary/aromatic N) is 2. The van der Waals surface area contributed by atoms with Gasteiger partial charge in [-0.1, -0.05) is 0 Å². The Hall–Kier alpha value is -1.02. The van der Waals surface area contributed by atoms with Crippen molar-refractivity contribution >= 4 is 12.1 Å². The van der Waals surface area contributed by atoms with Crippen LogP contribution in [-0.2, 0) is 4.79 Å². The number of nitrogens with one attached hydrogen (secondary N) is 2. The first-order chi connectivity index (χ1) is 11.1. The summed E-state index contributed by atoms with van der Waals surface area (Å²) in [6.07, 6.45) is 4.32. The summed E-state index contributed by atoms with van der Waals surface area (Å²) in [6, 6.07) is 0.541. The van der Waals surface area contributed by atoms with Gasteiger partial charge >= 0.3 is 0 Å². The molecular weight excluding hydrogens is 296 g/mol. The number of hydrogen-bond donors (Lipinski definition) is 4. The molecule has 0 aromatic carbocycles. The van der Waals surface area contributed by atoms with E-state index in [0.29, 0.717) is 32.0 Å². The molecule has 7 heteroatoms. The Balaban J connectivity index is 2.15. The van der Waals surface area contributed by atoms with Crippen LogP contribution in [0, 0.1) is 0 Å². The van der Waals surface area contributed by atoms with E-state index in [0.717, 1.165) is 25.9 Å². The van der Waals surface area contributed by atoms with E-state index in [1.165, 1.54) is 0 Å². The number of carbonyl (C=O) groups excluding carboxylic acids is 1. The van der Waals surface area contributed by atoms with E-state index in [1.54, 1.807) is 13.3 Å². The van der Waals surface area contributed by atoms with E-state index in [9.17, 15) is 9.90 Å². The summed E-state index contributed by atoms with van der Waals surface area (Å²) in [4.78, 5) is 17.9. The van der Waals surface area contributed by atoms with Crippen molar-refractivity contribution in [3.05, 3.63) is 0 Å². The van der Waals surface area contributed by atoms with Gasteiger partial charge in [-0.25, -0.2) is 0 Å². The molecular formula is C16H32N4O3. The summed E-state index contributed by atoms with van der Waals surface area (Å²) in [5.41, 5.74) is 0. The summed E-state index contributed by atoms with van der Waals surface area (Å²) in [5.74, 6) is 0.153. The Bertz CT molecular complexity index is 365. The second kappa shape index (κ2) is 11.5. The second-order valence-corrected chi connectivity index (χ2v) is 6.06. The van der Waals surface area contributed by atoms with E-state index in [1.807, 2.05) is 4.90 Å². The Morgan fingerprint density at radius 3 is 3.00 bits per heavy atom. The minimum Gasteiger partial charge on any atom is -0.396 e. The summed E-state index contributed by atoms with van der Waals surface area (Å²) in [7, 11) is 1.79. The molecule has 1 aliphatic heterocycles. The highest BCUT2D eigenvalue weighted by molar-refractivity contribution is 5.79. The van der Waals surface area contributed by atoms with Crippen molar-refractivity contribution in [3.63, 3.8) is 0 Å². The zero-order valence-electron chi connectivity index (χ0n) is 14.4. The first kappa shape index (κ1) is 20.0. The highest BCUT2D eigenvalue weighted by atomic mass is 16.3. The SMILES string of the molecule is CNCC(=O)N1CC[C@@H](NCCCC(O)C/N=C\CCO)[C@H]1C. The number of amides is 1. The molecule has 4 N–H and O–H groups in total. The van der Waals surface area contributed by atoms with E-state index >= 15 is 0 Å².